The number of carbonyl (C=O) groups is 1. The Morgan fingerprint density at radius 1 is 1.44 bits per heavy atom. The van der Waals surface area contributed by atoms with E-state index in [0.717, 1.165) is 24.8 Å². The molecule has 3 N–H and O–H groups in total. The van der Waals surface area contributed by atoms with Crippen LogP contribution in [0.4, 0.5) is 0 Å². The number of fused-ring (bicyclic) bond motifs is 1. The van der Waals surface area contributed by atoms with Crippen molar-refractivity contribution in [3.05, 3.63) is 0 Å². The van der Waals surface area contributed by atoms with Crippen LogP contribution in [0.5, 0.6) is 0 Å². The number of likely N-dealkylation sites (N-methyl/N-ethyl adjacent to an activating group) is 1. The van der Waals surface area contributed by atoms with Crippen molar-refractivity contribution in [2.45, 2.75) is 31.7 Å². The van der Waals surface area contributed by atoms with E-state index < -0.39 is 0 Å². The van der Waals surface area contributed by atoms with Gasteiger partial charge < -0.3 is 16.0 Å². The lowest BCUT2D eigenvalue weighted by atomic mass is 10.0. The maximum atomic E-state index is 11.1. The van der Waals surface area contributed by atoms with Gasteiger partial charge in [0.25, 0.3) is 0 Å². The normalized spacial score (nSPS) is 31.6. The highest BCUT2D eigenvalue weighted by Crippen LogP contribution is 2.37. The van der Waals surface area contributed by atoms with Crippen LogP contribution in [-0.4, -0.2) is 43.5 Å². The van der Waals surface area contributed by atoms with Gasteiger partial charge in [-0.15, -0.1) is 0 Å². The summed E-state index contributed by atoms with van der Waals surface area (Å²) in [5.41, 5.74) is 5.30. The van der Waals surface area contributed by atoms with Crippen molar-refractivity contribution in [2.75, 3.05) is 26.7 Å². The summed E-state index contributed by atoms with van der Waals surface area (Å²) in [6, 6.07) is -0.166. The van der Waals surface area contributed by atoms with Crippen LogP contribution in [0.2, 0.25) is 0 Å². The van der Waals surface area contributed by atoms with Gasteiger partial charge in [-0.1, -0.05) is 6.42 Å². The Bertz CT molecular complexity index is 245. The molecule has 4 heteroatoms. The van der Waals surface area contributed by atoms with Crippen molar-refractivity contribution in [1.29, 1.82) is 0 Å². The van der Waals surface area contributed by atoms with Gasteiger partial charge in [-0.25, -0.2) is 0 Å². The largest absolute Gasteiger partial charge is 0.368 e. The summed E-state index contributed by atoms with van der Waals surface area (Å²) in [5, 5.41) is 2.97. The van der Waals surface area contributed by atoms with Crippen LogP contribution < -0.4 is 11.1 Å². The van der Waals surface area contributed by atoms with E-state index >= 15 is 0 Å². The Morgan fingerprint density at radius 2 is 2.06 bits per heavy atom. The molecule has 16 heavy (non-hydrogen) atoms. The second-order valence-electron chi connectivity index (χ2n) is 5.24. The van der Waals surface area contributed by atoms with E-state index in [9.17, 15) is 4.79 Å². The first kappa shape index (κ1) is 11.9. The fourth-order valence-corrected chi connectivity index (χ4v) is 3.26. The van der Waals surface area contributed by atoms with Gasteiger partial charge in [0, 0.05) is 19.6 Å². The minimum atomic E-state index is -0.234. The zero-order valence-electron chi connectivity index (χ0n) is 10.1. The monoisotopic (exact) mass is 225 g/mol. The molecule has 92 valence electrons. The quantitative estimate of drug-likeness (QED) is 0.702. The molecule has 1 amide bonds. The molecule has 2 fully saturated rings. The Balaban J connectivity index is 1.73. The summed E-state index contributed by atoms with van der Waals surface area (Å²) < 4.78 is 0. The Labute approximate surface area is 97.6 Å². The fraction of sp³-hybridized carbons (Fsp3) is 0.917. The number of nitrogens with two attached hydrogens (primary N) is 1. The molecule has 0 aromatic rings. The molecule has 1 aliphatic carbocycles. The minimum absolute atomic E-state index is 0.166. The maximum absolute atomic E-state index is 11.1. The SMILES string of the molecule is CNC(CCN1CC2CCCC2C1)C(N)=O. The predicted molar refractivity (Wildman–Crippen MR) is 63.9 cm³/mol. The Hall–Kier alpha value is -0.610. The second kappa shape index (κ2) is 5.15. The number of carbonyl (C=O) groups excluding carboxylic acids is 1. The summed E-state index contributed by atoms with van der Waals surface area (Å²) in [6.07, 6.45) is 5.08. The second-order valence-corrected chi connectivity index (χ2v) is 5.24. The van der Waals surface area contributed by atoms with Crippen molar-refractivity contribution < 1.29 is 4.79 Å². The molecule has 1 heterocycles. The number of hydrogen-bond acceptors (Lipinski definition) is 3. The first-order chi connectivity index (χ1) is 7.70. The molecule has 0 radical (unpaired) electrons. The number of nitrogens with zero attached hydrogens (tertiary/aromatic N) is 1. The van der Waals surface area contributed by atoms with Crippen molar-refractivity contribution in [2.24, 2.45) is 17.6 Å². The number of hydrogen-bond donors (Lipinski definition) is 2. The van der Waals surface area contributed by atoms with Crippen LogP contribution in [0.15, 0.2) is 0 Å². The summed E-state index contributed by atoms with van der Waals surface area (Å²) >= 11 is 0. The Morgan fingerprint density at radius 3 is 2.56 bits per heavy atom. The molecule has 1 saturated carbocycles. The molecule has 4 nitrogen and oxygen atoms in total. The van der Waals surface area contributed by atoms with Gasteiger partial charge in [0.1, 0.15) is 0 Å². The zero-order chi connectivity index (χ0) is 11.5. The van der Waals surface area contributed by atoms with Gasteiger partial charge in [0.2, 0.25) is 5.91 Å². The predicted octanol–water partition coefficient (Wildman–Crippen LogP) is 0.182. The van der Waals surface area contributed by atoms with Crippen LogP contribution in [-0.2, 0) is 4.79 Å². The third-order valence-electron chi connectivity index (χ3n) is 4.23. The molecule has 0 aromatic carbocycles. The molecular formula is C12H23N3O. The van der Waals surface area contributed by atoms with Crippen LogP contribution in [0, 0.1) is 11.8 Å². The smallest absolute Gasteiger partial charge is 0.234 e. The lowest BCUT2D eigenvalue weighted by Gasteiger charge is -2.19. The number of nitrogens with one attached hydrogen (secondary N) is 1. The molecule has 1 aliphatic heterocycles. The summed E-state index contributed by atoms with van der Waals surface area (Å²) in [6.45, 7) is 3.47. The van der Waals surface area contributed by atoms with Gasteiger partial charge in [0.05, 0.1) is 6.04 Å². The topological polar surface area (TPSA) is 58.4 Å². The van der Waals surface area contributed by atoms with E-state index in [1.165, 1.54) is 32.4 Å². The number of amides is 1. The number of primary amides is 1. The zero-order valence-corrected chi connectivity index (χ0v) is 10.1. The lowest BCUT2D eigenvalue weighted by molar-refractivity contribution is -0.120. The van der Waals surface area contributed by atoms with E-state index in [0.29, 0.717) is 0 Å². The molecule has 0 bridgehead atoms. The average molecular weight is 225 g/mol. The van der Waals surface area contributed by atoms with E-state index in [1.807, 2.05) is 0 Å². The standard InChI is InChI=1S/C12H23N3O/c1-14-11(12(13)16)5-6-15-7-9-3-2-4-10(9)8-15/h9-11,14H,2-8H2,1H3,(H2,13,16). The van der Waals surface area contributed by atoms with Crippen LogP contribution in [0.3, 0.4) is 0 Å². The summed E-state index contributed by atoms with van der Waals surface area (Å²) in [7, 11) is 1.80. The van der Waals surface area contributed by atoms with Gasteiger partial charge in [-0.05, 0) is 38.1 Å². The fourth-order valence-electron chi connectivity index (χ4n) is 3.26. The van der Waals surface area contributed by atoms with Gasteiger partial charge >= 0.3 is 0 Å². The van der Waals surface area contributed by atoms with Crippen molar-refractivity contribution in [1.82, 2.24) is 10.2 Å². The van der Waals surface area contributed by atoms with Crippen LogP contribution >= 0.6 is 0 Å². The molecule has 0 spiro atoms. The summed E-state index contributed by atoms with van der Waals surface area (Å²) in [5.74, 6) is 1.63. The first-order valence-corrected chi connectivity index (χ1v) is 6.39. The Kier molecular flexibility index (Phi) is 3.82. The van der Waals surface area contributed by atoms with E-state index in [4.69, 9.17) is 5.73 Å². The number of likely N-dealkylation sites (tertiary alicyclic amines) is 1. The molecule has 0 aromatic heterocycles. The molecule has 3 unspecified atom stereocenters. The van der Waals surface area contributed by atoms with E-state index in [2.05, 4.69) is 10.2 Å². The van der Waals surface area contributed by atoms with Crippen molar-refractivity contribution >= 4 is 5.91 Å². The highest BCUT2D eigenvalue weighted by atomic mass is 16.1. The molecular weight excluding hydrogens is 202 g/mol. The highest BCUT2D eigenvalue weighted by molar-refractivity contribution is 5.79. The van der Waals surface area contributed by atoms with Crippen molar-refractivity contribution in [3.8, 4) is 0 Å². The molecule has 2 aliphatic rings. The first-order valence-electron chi connectivity index (χ1n) is 6.39. The average Bonchev–Trinajstić information content (AvgIpc) is 2.77. The summed E-state index contributed by atoms with van der Waals surface area (Å²) in [4.78, 5) is 13.6. The van der Waals surface area contributed by atoms with Gasteiger partial charge in [-0.3, -0.25) is 4.79 Å². The minimum Gasteiger partial charge on any atom is -0.368 e. The van der Waals surface area contributed by atoms with Crippen LogP contribution in [0.1, 0.15) is 25.7 Å². The molecule has 3 atom stereocenters. The van der Waals surface area contributed by atoms with Crippen LogP contribution in [0.25, 0.3) is 0 Å². The van der Waals surface area contributed by atoms with E-state index in [1.54, 1.807) is 7.05 Å². The van der Waals surface area contributed by atoms with Crippen molar-refractivity contribution in [3.63, 3.8) is 0 Å². The van der Waals surface area contributed by atoms with E-state index in [-0.39, 0.29) is 11.9 Å². The maximum Gasteiger partial charge on any atom is 0.234 e. The number of rotatable bonds is 5. The third-order valence-corrected chi connectivity index (χ3v) is 4.23. The third kappa shape index (κ3) is 2.55. The van der Waals surface area contributed by atoms with Gasteiger partial charge in [-0.2, -0.15) is 0 Å². The molecule has 2 rings (SSSR count). The highest BCUT2D eigenvalue weighted by Gasteiger charge is 2.35. The van der Waals surface area contributed by atoms with Gasteiger partial charge in [0.15, 0.2) is 0 Å². The molecule has 1 saturated heterocycles. The lowest BCUT2D eigenvalue weighted by Crippen LogP contribution is -2.41.